The summed E-state index contributed by atoms with van der Waals surface area (Å²) in [4.78, 5) is 12.1. The van der Waals surface area contributed by atoms with Crippen LogP contribution in [0.5, 0.6) is 0 Å². The second kappa shape index (κ2) is 6.61. The SMILES string of the molecule is CCc1ccc(C(C)(C)CNC(=O)[C@@H](N)C(C)(C)C)cc1. The van der Waals surface area contributed by atoms with Gasteiger partial charge < -0.3 is 11.1 Å². The average molecular weight is 290 g/mol. The van der Waals surface area contributed by atoms with Crippen LogP contribution in [-0.2, 0) is 16.6 Å². The van der Waals surface area contributed by atoms with Gasteiger partial charge >= 0.3 is 0 Å². The zero-order valence-corrected chi connectivity index (χ0v) is 14.3. The van der Waals surface area contributed by atoms with Crippen molar-refractivity contribution in [2.45, 2.75) is 59.4 Å². The van der Waals surface area contributed by atoms with Crippen LogP contribution in [0.2, 0.25) is 0 Å². The van der Waals surface area contributed by atoms with Crippen molar-refractivity contribution < 1.29 is 4.79 Å². The normalized spacial score (nSPS) is 13.9. The predicted molar refractivity (Wildman–Crippen MR) is 89.3 cm³/mol. The third-order valence-corrected chi connectivity index (χ3v) is 4.06. The Labute approximate surface area is 129 Å². The second-order valence-electron chi connectivity index (χ2n) is 7.50. The Morgan fingerprint density at radius 1 is 1.14 bits per heavy atom. The van der Waals surface area contributed by atoms with Gasteiger partial charge in [-0.3, -0.25) is 4.79 Å². The largest absolute Gasteiger partial charge is 0.354 e. The van der Waals surface area contributed by atoms with Crippen molar-refractivity contribution in [3.05, 3.63) is 35.4 Å². The lowest BCUT2D eigenvalue weighted by atomic mass is 9.83. The van der Waals surface area contributed by atoms with Gasteiger partial charge in [0.15, 0.2) is 0 Å². The van der Waals surface area contributed by atoms with E-state index in [1.807, 2.05) is 20.8 Å². The van der Waals surface area contributed by atoms with Gasteiger partial charge in [-0.1, -0.05) is 65.8 Å². The van der Waals surface area contributed by atoms with E-state index >= 15 is 0 Å². The molecule has 0 aliphatic heterocycles. The third-order valence-electron chi connectivity index (χ3n) is 4.06. The number of carbonyl (C=O) groups is 1. The Morgan fingerprint density at radius 2 is 1.67 bits per heavy atom. The van der Waals surface area contributed by atoms with Crippen molar-refractivity contribution in [1.29, 1.82) is 0 Å². The van der Waals surface area contributed by atoms with Crippen molar-refractivity contribution in [3.63, 3.8) is 0 Å². The lowest BCUT2D eigenvalue weighted by Crippen LogP contribution is -2.50. The lowest BCUT2D eigenvalue weighted by molar-refractivity contribution is -0.124. The monoisotopic (exact) mass is 290 g/mol. The summed E-state index contributed by atoms with van der Waals surface area (Å²) in [5, 5.41) is 2.99. The maximum absolute atomic E-state index is 12.1. The molecule has 1 aromatic carbocycles. The fourth-order valence-corrected chi connectivity index (χ4v) is 2.11. The molecule has 1 aromatic rings. The maximum Gasteiger partial charge on any atom is 0.237 e. The van der Waals surface area contributed by atoms with Crippen molar-refractivity contribution >= 4 is 5.91 Å². The van der Waals surface area contributed by atoms with E-state index in [0.29, 0.717) is 6.54 Å². The smallest absolute Gasteiger partial charge is 0.237 e. The molecule has 0 aliphatic carbocycles. The van der Waals surface area contributed by atoms with Crippen LogP contribution in [0.3, 0.4) is 0 Å². The molecule has 0 fully saturated rings. The summed E-state index contributed by atoms with van der Waals surface area (Å²) in [7, 11) is 0. The van der Waals surface area contributed by atoms with E-state index < -0.39 is 6.04 Å². The molecule has 0 radical (unpaired) electrons. The van der Waals surface area contributed by atoms with Crippen LogP contribution in [0.4, 0.5) is 0 Å². The highest BCUT2D eigenvalue weighted by molar-refractivity contribution is 5.82. The van der Waals surface area contributed by atoms with Crippen LogP contribution in [0.15, 0.2) is 24.3 Å². The topological polar surface area (TPSA) is 55.1 Å². The van der Waals surface area contributed by atoms with Crippen LogP contribution in [0.1, 0.15) is 52.7 Å². The molecule has 0 heterocycles. The molecular weight excluding hydrogens is 260 g/mol. The molecule has 21 heavy (non-hydrogen) atoms. The minimum absolute atomic E-state index is 0.0826. The van der Waals surface area contributed by atoms with Crippen molar-refractivity contribution in [2.24, 2.45) is 11.1 Å². The van der Waals surface area contributed by atoms with Gasteiger partial charge in [0.25, 0.3) is 0 Å². The first kappa shape index (κ1) is 17.7. The van der Waals surface area contributed by atoms with Gasteiger partial charge in [0, 0.05) is 12.0 Å². The van der Waals surface area contributed by atoms with Crippen LogP contribution in [0.25, 0.3) is 0 Å². The summed E-state index contributed by atoms with van der Waals surface area (Å²) in [6, 6.07) is 8.11. The van der Waals surface area contributed by atoms with Gasteiger partial charge in [-0.25, -0.2) is 0 Å². The van der Waals surface area contributed by atoms with Gasteiger partial charge in [-0.15, -0.1) is 0 Å². The molecular formula is C18H30N2O. The Hall–Kier alpha value is -1.35. The molecule has 0 unspecified atom stereocenters. The number of benzene rings is 1. The molecule has 3 heteroatoms. The Bertz CT molecular complexity index is 469. The lowest BCUT2D eigenvalue weighted by Gasteiger charge is -2.30. The number of carbonyl (C=O) groups excluding carboxylic acids is 1. The van der Waals surface area contributed by atoms with Crippen LogP contribution in [-0.4, -0.2) is 18.5 Å². The second-order valence-corrected chi connectivity index (χ2v) is 7.50. The zero-order chi connectivity index (χ0) is 16.3. The number of hydrogen-bond acceptors (Lipinski definition) is 2. The average Bonchev–Trinajstić information content (AvgIpc) is 2.43. The summed E-state index contributed by atoms with van der Waals surface area (Å²) in [6.45, 7) is 12.9. The summed E-state index contributed by atoms with van der Waals surface area (Å²) in [5.74, 6) is -0.0826. The Kier molecular flexibility index (Phi) is 5.57. The zero-order valence-electron chi connectivity index (χ0n) is 14.3. The molecule has 1 atom stereocenters. The molecule has 0 bridgehead atoms. The van der Waals surface area contributed by atoms with Gasteiger partial charge in [0.1, 0.15) is 0 Å². The molecule has 3 N–H and O–H groups in total. The van der Waals surface area contributed by atoms with Crippen LogP contribution >= 0.6 is 0 Å². The van der Waals surface area contributed by atoms with Crippen LogP contribution in [0, 0.1) is 5.41 Å². The quantitative estimate of drug-likeness (QED) is 0.876. The highest BCUT2D eigenvalue weighted by atomic mass is 16.2. The minimum atomic E-state index is -0.490. The van der Waals surface area contributed by atoms with E-state index in [9.17, 15) is 4.79 Å². The molecule has 0 saturated heterocycles. The molecule has 118 valence electrons. The summed E-state index contributed by atoms with van der Waals surface area (Å²) in [5.41, 5.74) is 8.20. The van der Waals surface area contributed by atoms with Gasteiger partial charge in [-0.05, 0) is 23.0 Å². The molecule has 3 nitrogen and oxygen atoms in total. The van der Waals surface area contributed by atoms with Gasteiger partial charge in [0.05, 0.1) is 6.04 Å². The molecule has 0 spiro atoms. The molecule has 1 rings (SSSR count). The molecule has 0 saturated carbocycles. The van der Waals surface area contributed by atoms with Gasteiger partial charge in [-0.2, -0.15) is 0 Å². The first-order valence-electron chi connectivity index (χ1n) is 7.70. The van der Waals surface area contributed by atoms with E-state index in [4.69, 9.17) is 5.73 Å². The van der Waals surface area contributed by atoms with Crippen molar-refractivity contribution in [1.82, 2.24) is 5.32 Å². The number of aryl methyl sites for hydroxylation is 1. The number of rotatable bonds is 5. The summed E-state index contributed by atoms with van der Waals surface area (Å²) < 4.78 is 0. The van der Waals surface area contributed by atoms with E-state index in [0.717, 1.165) is 6.42 Å². The number of amides is 1. The first-order chi connectivity index (χ1) is 9.58. The van der Waals surface area contributed by atoms with Gasteiger partial charge in [0.2, 0.25) is 5.91 Å². The molecule has 0 aromatic heterocycles. The number of hydrogen-bond donors (Lipinski definition) is 2. The molecule has 1 amide bonds. The number of nitrogens with two attached hydrogens (primary N) is 1. The minimum Gasteiger partial charge on any atom is -0.354 e. The van der Waals surface area contributed by atoms with E-state index in [1.165, 1.54) is 11.1 Å². The third kappa shape index (κ3) is 4.85. The highest BCUT2D eigenvalue weighted by Crippen LogP contribution is 2.23. The van der Waals surface area contributed by atoms with E-state index in [-0.39, 0.29) is 16.7 Å². The fraction of sp³-hybridized carbons (Fsp3) is 0.611. The predicted octanol–water partition coefficient (Wildman–Crippen LogP) is 3.02. The summed E-state index contributed by atoms with van der Waals surface area (Å²) >= 11 is 0. The maximum atomic E-state index is 12.1. The summed E-state index contributed by atoms with van der Waals surface area (Å²) in [6.07, 6.45) is 1.04. The van der Waals surface area contributed by atoms with Crippen LogP contribution < -0.4 is 11.1 Å². The Balaban J connectivity index is 2.70. The van der Waals surface area contributed by atoms with Crippen molar-refractivity contribution in [2.75, 3.05) is 6.54 Å². The van der Waals surface area contributed by atoms with Crippen molar-refractivity contribution in [3.8, 4) is 0 Å². The van der Waals surface area contributed by atoms with E-state index in [1.54, 1.807) is 0 Å². The fourth-order valence-electron chi connectivity index (χ4n) is 2.11. The number of nitrogens with one attached hydrogen (secondary N) is 1. The standard InChI is InChI=1S/C18H30N2O/c1-7-13-8-10-14(11-9-13)18(5,6)12-20-16(21)15(19)17(2,3)4/h8-11,15H,7,12,19H2,1-6H3,(H,20,21)/t15-/m1/s1. The first-order valence-corrected chi connectivity index (χ1v) is 7.70. The Morgan fingerprint density at radius 3 is 2.10 bits per heavy atom. The highest BCUT2D eigenvalue weighted by Gasteiger charge is 2.29. The van der Waals surface area contributed by atoms with E-state index in [2.05, 4.69) is 50.4 Å². The molecule has 0 aliphatic rings.